The van der Waals surface area contributed by atoms with E-state index in [1.54, 1.807) is 41.1 Å². The lowest BCUT2D eigenvalue weighted by Gasteiger charge is -2.10. The molecule has 2 heterocycles. The van der Waals surface area contributed by atoms with Crippen LogP contribution in [0, 0.1) is 0 Å². The fourth-order valence-corrected chi connectivity index (χ4v) is 5.54. The summed E-state index contributed by atoms with van der Waals surface area (Å²) in [5.74, 6) is 1.49. The number of carbonyl (C=O) groups excluding carboxylic acids is 2. The van der Waals surface area contributed by atoms with Gasteiger partial charge in [-0.25, -0.2) is 0 Å². The van der Waals surface area contributed by atoms with Gasteiger partial charge in [-0.05, 0) is 30.2 Å². The third kappa shape index (κ3) is 4.43. The van der Waals surface area contributed by atoms with Crippen LogP contribution in [-0.4, -0.2) is 40.4 Å². The van der Waals surface area contributed by atoms with Gasteiger partial charge in [0.2, 0.25) is 5.91 Å². The Kier molecular flexibility index (Phi) is 6.14. The number of amides is 1. The van der Waals surface area contributed by atoms with Crippen molar-refractivity contribution in [1.82, 2.24) is 10.2 Å². The van der Waals surface area contributed by atoms with Crippen LogP contribution in [0.4, 0.5) is 5.69 Å². The zero-order valence-corrected chi connectivity index (χ0v) is 16.6. The van der Waals surface area contributed by atoms with Gasteiger partial charge in [0, 0.05) is 24.1 Å². The van der Waals surface area contributed by atoms with E-state index in [-0.39, 0.29) is 11.7 Å². The lowest BCUT2D eigenvalue weighted by Crippen LogP contribution is -2.20. The van der Waals surface area contributed by atoms with Gasteiger partial charge in [0.1, 0.15) is 0 Å². The number of unbranched alkanes of at least 4 members (excludes halogenated alkanes) is 1. The normalized spacial score (nSPS) is 13.4. The minimum atomic E-state index is 0.0465. The maximum atomic E-state index is 12.4. The molecule has 1 amide bonds. The van der Waals surface area contributed by atoms with Crippen LogP contribution < -0.4 is 4.90 Å². The van der Waals surface area contributed by atoms with Crippen molar-refractivity contribution in [1.29, 1.82) is 0 Å². The predicted octanol–water partition coefficient (Wildman–Crippen LogP) is 3.92. The number of Topliss-reactive ketones (excluding diaryl/α,β-unsaturated/α-hetero) is 1. The number of aromatic nitrogens is 2. The molecular formula is C17H19N3O2S3. The summed E-state index contributed by atoms with van der Waals surface area (Å²) in [5.41, 5.74) is 2.47. The van der Waals surface area contributed by atoms with Crippen molar-refractivity contribution in [2.45, 2.75) is 34.9 Å². The predicted molar refractivity (Wildman–Crippen MR) is 104 cm³/mol. The molecule has 0 bridgehead atoms. The van der Waals surface area contributed by atoms with E-state index in [1.807, 2.05) is 12.1 Å². The molecule has 5 nitrogen and oxygen atoms in total. The Balaban J connectivity index is 1.57. The maximum absolute atomic E-state index is 12.4. The fraction of sp³-hybridized carbons (Fsp3) is 0.412. The van der Waals surface area contributed by atoms with Crippen LogP contribution in [-0.2, 0) is 11.2 Å². The molecule has 1 aromatic heterocycles. The number of likely N-dealkylation sites (N-methyl/N-ethyl adjacent to an activating group) is 1. The van der Waals surface area contributed by atoms with Crippen LogP contribution in [0.3, 0.4) is 0 Å². The highest BCUT2D eigenvalue weighted by Crippen LogP contribution is 2.31. The van der Waals surface area contributed by atoms with E-state index >= 15 is 0 Å². The molecule has 0 spiro atoms. The van der Waals surface area contributed by atoms with Crippen LogP contribution >= 0.6 is 34.9 Å². The van der Waals surface area contributed by atoms with Crippen molar-refractivity contribution in [3.63, 3.8) is 0 Å². The van der Waals surface area contributed by atoms with Crippen molar-refractivity contribution in [3.05, 3.63) is 29.3 Å². The largest absolute Gasteiger partial charge is 0.315 e. The Hall–Kier alpha value is -1.38. The molecule has 1 aliphatic rings. The summed E-state index contributed by atoms with van der Waals surface area (Å²) < 4.78 is 1.78. The van der Waals surface area contributed by atoms with Gasteiger partial charge in [0.15, 0.2) is 14.5 Å². The van der Waals surface area contributed by atoms with Gasteiger partial charge in [0.25, 0.3) is 0 Å². The van der Waals surface area contributed by atoms with E-state index < -0.39 is 0 Å². The van der Waals surface area contributed by atoms with Gasteiger partial charge in [-0.3, -0.25) is 9.59 Å². The molecule has 0 N–H and O–H groups in total. The van der Waals surface area contributed by atoms with E-state index in [9.17, 15) is 9.59 Å². The fourth-order valence-electron chi connectivity index (χ4n) is 2.47. The molecule has 0 saturated heterocycles. The highest BCUT2D eigenvalue weighted by molar-refractivity contribution is 8.03. The van der Waals surface area contributed by atoms with Crippen molar-refractivity contribution >= 4 is 52.2 Å². The molecule has 1 aliphatic heterocycles. The number of rotatable bonds is 8. The molecule has 0 aliphatic carbocycles. The lowest BCUT2D eigenvalue weighted by molar-refractivity contribution is -0.117. The number of nitrogens with zero attached hydrogens (tertiary/aromatic N) is 3. The van der Waals surface area contributed by atoms with Crippen molar-refractivity contribution in [2.24, 2.45) is 0 Å². The number of hydrogen-bond donors (Lipinski definition) is 0. The number of ketones is 1. The zero-order valence-electron chi connectivity index (χ0n) is 14.2. The number of benzene rings is 1. The topological polar surface area (TPSA) is 63.2 Å². The first-order valence-corrected chi connectivity index (χ1v) is 10.9. The Bertz CT molecular complexity index is 791. The smallest absolute Gasteiger partial charge is 0.231 e. The molecule has 2 aromatic rings. The average molecular weight is 394 g/mol. The highest BCUT2D eigenvalue weighted by atomic mass is 32.2. The average Bonchev–Trinajstić information content (AvgIpc) is 3.17. The molecule has 1 aromatic carbocycles. The summed E-state index contributed by atoms with van der Waals surface area (Å²) in [5, 5.41) is 8.30. The zero-order chi connectivity index (χ0) is 17.8. The summed E-state index contributed by atoms with van der Waals surface area (Å²) >= 11 is 4.68. The Morgan fingerprint density at radius 2 is 2.04 bits per heavy atom. The lowest BCUT2D eigenvalue weighted by atomic mass is 10.1. The third-order valence-corrected chi connectivity index (χ3v) is 7.19. The first kappa shape index (κ1) is 18.4. The molecule has 0 saturated carbocycles. The van der Waals surface area contributed by atoms with Gasteiger partial charge in [0.05, 0.1) is 12.2 Å². The van der Waals surface area contributed by atoms with Crippen molar-refractivity contribution in [3.8, 4) is 0 Å². The summed E-state index contributed by atoms with van der Waals surface area (Å²) in [6, 6.07) is 5.49. The molecule has 132 valence electrons. The standard InChI is InChI=1S/C17H19N3O2S3/c1-3-4-7-23-16-18-19-17(25-16)24-10-14(21)11-5-6-13-12(8-11)9-15(22)20(13)2/h5-6,8H,3-4,7,9-10H2,1-2H3. The van der Waals surface area contributed by atoms with Gasteiger partial charge in [-0.1, -0.05) is 48.2 Å². The molecule has 25 heavy (non-hydrogen) atoms. The first-order valence-electron chi connectivity index (χ1n) is 8.10. The van der Waals surface area contributed by atoms with Crippen LogP contribution in [0.15, 0.2) is 26.9 Å². The Labute approximate surface area is 159 Å². The van der Waals surface area contributed by atoms with Gasteiger partial charge in [-0.15, -0.1) is 10.2 Å². The molecular weight excluding hydrogens is 374 g/mol. The van der Waals surface area contributed by atoms with Crippen LogP contribution in [0.2, 0.25) is 0 Å². The molecule has 0 radical (unpaired) electrons. The van der Waals surface area contributed by atoms with Crippen LogP contribution in [0.1, 0.15) is 35.7 Å². The van der Waals surface area contributed by atoms with Crippen LogP contribution in [0.25, 0.3) is 0 Å². The molecule has 8 heteroatoms. The second-order valence-corrected chi connectivity index (χ2v) is 9.26. The van der Waals surface area contributed by atoms with Crippen molar-refractivity contribution in [2.75, 3.05) is 23.5 Å². The quantitative estimate of drug-likeness (QED) is 0.385. The number of fused-ring (bicyclic) bond motifs is 1. The number of thioether (sulfide) groups is 2. The van der Waals surface area contributed by atoms with Gasteiger partial charge < -0.3 is 4.90 Å². The van der Waals surface area contributed by atoms with E-state index in [1.165, 1.54) is 24.6 Å². The number of anilines is 1. The monoisotopic (exact) mass is 393 g/mol. The number of hydrogen-bond acceptors (Lipinski definition) is 7. The first-order chi connectivity index (χ1) is 12.1. The summed E-state index contributed by atoms with van der Waals surface area (Å²) in [7, 11) is 1.76. The Morgan fingerprint density at radius 1 is 1.28 bits per heavy atom. The minimum Gasteiger partial charge on any atom is -0.315 e. The van der Waals surface area contributed by atoms with Gasteiger partial charge >= 0.3 is 0 Å². The van der Waals surface area contributed by atoms with E-state index in [4.69, 9.17) is 0 Å². The molecule has 3 rings (SSSR count). The second-order valence-electron chi connectivity index (χ2n) is 5.72. The van der Waals surface area contributed by atoms with Crippen molar-refractivity contribution < 1.29 is 9.59 Å². The van der Waals surface area contributed by atoms with E-state index in [2.05, 4.69) is 17.1 Å². The highest BCUT2D eigenvalue weighted by Gasteiger charge is 2.24. The summed E-state index contributed by atoms with van der Waals surface area (Å²) in [6.07, 6.45) is 2.71. The van der Waals surface area contributed by atoms with Crippen LogP contribution in [0.5, 0.6) is 0 Å². The summed E-state index contributed by atoms with van der Waals surface area (Å²) in [4.78, 5) is 25.8. The minimum absolute atomic E-state index is 0.0465. The third-order valence-electron chi connectivity index (χ3n) is 3.92. The molecule has 0 atom stereocenters. The SMILES string of the molecule is CCCCSc1nnc(SCC(=O)c2ccc3c(c2)CC(=O)N3C)s1. The number of carbonyl (C=O) groups is 2. The molecule has 0 fully saturated rings. The molecule has 0 unspecified atom stereocenters. The van der Waals surface area contributed by atoms with E-state index in [0.717, 1.165) is 25.7 Å². The maximum Gasteiger partial charge on any atom is 0.231 e. The van der Waals surface area contributed by atoms with Gasteiger partial charge in [-0.2, -0.15) is 0 Å². The Morgan fingerprint density at radius 3 is 2.80 bits per heavy atom. The summed E-state index contributed by atoms with van der Waals surface area (Å²) in [6.45, 7) is 2.17. The van der Waals surface area contributed by atoms with E-state index in [0.29, 0.717) is 17.7 Å². The second kappa shape index (κ2) is 8.33.